The highest BCUT2D eigenvalue weighted by Crippen LogP contribution is 2.17. The molecule has 0 N–H and O–H groups in total. The molecule has 0 spiro atoms. The van der Waals surface area contributed by atoms with Crippen molar-refractivity contribution in [3.05, 3.63) is 24.3 Å². The molecule has 6 heteroatoms. The van der Waals surface area contributed by atoms with E-state index >= 15 is 0 Å². The summed E-state index contributed by atoms with van der Waals surface area (Å²) in [5, 5.41) is 0.911. The van der Waals surface area contributed by atoms with Crippen molar-refractivity contribution in [2.45, 2.75) is 204 Å². The summed E-state index contributed by atoms with van der Waals surface area (Å²) in [6.45, 7) is 6.57. The molecule has 0 aliphatic carbocycles. The van der Waals surface area contributed by atoms with Gasteiger partial charge in [-0.15, -0.1) is 25.3 Å². The van der Waals surface area contributed by atoms with Crippen LogP contribution in [0.2, 0.25) is 0 Å². The van der Waals surface area contributed by atoms with Crippen LogP contribution in [0.15, 0.2) is 34.6 Å². The van der Waals surface area contributed by atoms with Crippen LogP contribution in [0.4, 0.5) is 5.95 Å². The number of hydrogen-bond donors (Lipinski definition) is 2. The highest BCUT2D eigenvalue weighted by atomic mass is 32.1. The summed E-state index contributed by atoms with van der Waals surface area (Å²) in [6, 6.07) is 0. The summed E-state index contributed by atoms with van der Waals surface area (Å²) >= 11 is 8.76. The predicted molar refractivity (Wildman–Crippen MR) is 205 cm³/mol. The third-order valence-electron chi connectivity index (χ3n) is 8.76. The van der Waals surface area contributed by atoms with Gasteiger partial charge in [-0.1, -0.05) is 154 Å². The van der Waals surface area contributed by atoms with E-state index in [1.54, 1.807) is 0 Å². The van der Waals surface area contributed by atoms with Crippen molar-refractivity contribution in [3.8, 4) is 0 Å². The van der Waals surface area contributed by atoms with Gasteiger partial charge in [0.05, 0.1) is 0 Å². The lowest BCUT2D eigenvalue weighted by atomic mass is 10.1. The zero-order valence-electron chi connectivity index (χ0n) is 29.7. The molecule has 0 atom stereocenters. The Morgan fingerprint density at radius 3 is 1.02 bits per heavy atom. The van der Waals surface area contributed by atoms with Crippen LogP contribution in [0.3, 0.4) is 0 Å². The van der Waals surface area contributed by atoms with Gasteiger partial charge in [-0.25, -0.2) is 0 Å². The molecule has 45 heavy (non-hydrogen) atoms. The molecule has 0 radical (unpaired) electrons. The second kappa shape index (κ2) is 32.9. The van der Waals surface area contributed by atoms with E-state index in [2.05, 4.69) is 83.3 Å². The third kappa shape index (κ3) is 27.8. The largest absolute Gasteiger partial charge is 0.341 e. The molecule has 1 aromatic rings. The molecular weight excluding hydrogens is 589 g/mol. The third-order valence-corrected chi connectivity index (χ3v) is 9.16. The summed E-state index contributed by atoms with van der Waals surface area (Å²) < 4.78 is 0. The van der Waals surface area contributed by atoms with E-state index in [1.165, 1.54) is 180 Å². The molecule has 0 bridgehead atoms. The average molecular weight is 661 g/mol. The number of anilines is 1. The number of unbranched alkanes of at least 4 members (excludes halogenated alkanes) is 24. The first-order valence-corrected chi connectivity index (χ1v) is 20.3. The van der Waals surface area contributed by atoms with E-state index in [4.69, 9.17) is 0 Å². The van der Waals surface area contributed by atoms with Crippen molar-refractivity contribution in [1.29, 1.82) is 0 Å². The number of allylic oxidation sites excluding steroid dienone is 4. The highest BCUT2D eigenvalue weighted by molar-refractivity contribution is 7.80. The molecule has 0 fully saturated rings. The van der Waals surface area contributed by atoms with Gasteiger partial charge < -0.3 is 4.90 Å². The molecule has 1 aromatic heterocycles. The first kappa shape index (κ1) is 42.0. The molecule has 0 saturated carbocycles. The van der Waals surface area contributed by atoms with Gasteiger partial charge in [-0.05, 0) is 64.2 Å². The number of nitrogens with zero attached hydrogens (tertiary/aromatic N) is 4. The van der Waals surface area contributed by atoms with Crippen LogP contribution in [0.5, 0.6) is 0 Å². The monoisotopic (exact) mass is 661 g/mol. The topological polar surface area (TPSA) is 41.9 Å². The van der Waals surface area contributed by atoms with Crippen LogP contribution < -0.4 is 4.90 Å². The lowest BCUT2D eigenvalue weighted by Gasteiger charge is -2.23. The van der Waals surface area contributed by atoms with Crippen molar-refractivity contribution >= 4 is 31.2 Å². The minimum atomic E-state index is 0.456. The first-order valence-electron chi connectivity index (χ1n) is 19.4. The summed E-state index contributed by atoms with van der Waals surface area (Å²) in [5.41, 5.74) is 0. The van der Waals surface area contributed by atoms with Crippen LogP contribution in [-0.4, -0.2) is 28.0 Å². The van der Waals surface area contributed by atoms with E-state index in [1.807, 2.05) is 0 Å². The molecule has 0 aromatic carbocycles. The van der Waals surface area contributed by atoms with Crippen LogP contribution >= 0.6 is 25.3 Å². The number of rotatable bonds is 33. The molecule has 260 valence electrons. The van der Waals surface area contributed by atoms with Crippen molar-refractivity contribution in [2.75, 3.05) is 18.0 Å². The predicted octanol–water partition coefficient (Wildman–Crippen LogP) is 13.3. The zero-order chi connectivity index (χ0) is 32.5. The van der Waals surface area contributed by atoms with Crippen molar-refractivity contribution in [2.24, 2.45) is 0 Å². The summed E-state index contributed by atoms with van der Waals surface area (Å²) in [5.74, 6) is 0.737. The Kier molecular flexibility index (Phi) is 30.7. The molecule has 0 saturated heterocycles. The number of thiol groups is 2. The Hall–Kier alpha value is -1.01. The van der Waals surface area contributed by atoms with Gasteiger partial charge in [-0.3, -0.25) is 0 Å². The molecule has 0 unspecified atom stereocenters. The summed E-state index contributed by atoms with van der Waals surface area (Å²) in [6.07, 6.45) is 46.9. The van der Waals surface area contributed by atoms with Crippen molar-refractivity contribution in [3.63, 3.8) is 0 Å². The number of hydrogen-bond acceptors (Lipinski definition) is 6. The fraction of sp³-hybridized carbons (Fsp3) is 0.821. The zero-order valence-corrected chi connectivity index (χ0v) is 31.5. The Morgan fingerprint density at radius 1 is 0.400 bits per heavy atom. The highest BCUT2D eigenvalue weighted by Gasteiger charge is 2.11. The van der Waals surface area contributed by atoms with Gasteiger partial charge in [0.15, 0.2) is 10.3 Å². The van der Waals surface area contributed by atoms with Crippen molar-refractivity contribution in [1.82, 2.24) is 15.0 Å². The molecule has 0 aliphatic rings. The van der Waals surface area contributed by atoms with Crippen LogP contribution in [-0.2, 0) is 0 Å². The quantitative estimate of drug-likeness (QED) is 0.0447. The fourth-order valence-electron chi connectivity index (χ4n) is 5.90. The van der Waals surface area contributed by atoms with E-state index in [0.717, 1.165) is 19.0 Å². The maximum atomic E-state index is 4.52. The fourth-order valence-corrected chi connectivity index (χ4v) is 6.34. The molecule has 1 rings (SSSR count). The minimum Gasteiger partial charge on any atom is -0.341 e. The molecule has 1 heterocycles. The summed E-state index contributed by atoms with van der Waals surface area (Å²) in [7, 11) is 0. The maximum Gasteiger partial charge on any atom is 0.230 e. The Labute approximate surface area is 291 Å². The standard InChI is InChI=1S/C39H72N4S2/c1-3-5-7-9-11-13-15-17-19-21-23-25-27-29-31-33-35-43(37-40-38(44)42-39(45)41-37)36-34-32-30-28-26-24-22-20-18-16-14-12-10-8-6-4-2/h17-20H,3-16,21-36H2,1-2H3,(H2,40,41,42,44,45)/b19-17-,20-18-. The smallest absolute Gasteiger partial charge is 0.230 e. The number of aromatic nitrogens is 3. The molecular formula is C39H72N4S2. The summed E-state index contributed by atoms with van der Waals surface area (Å²) in [4.78, 5) is 15.5. The van der Waals surface area contributed by atoms with E-state index in [9.17, 15) is 0 Å². The minimum absolute atomic E-state index is 0.456. The van der Waals surface area contributed by atoms with Crippen LogP contribution in [0.25, 0.3) is 0 Å². The van der Waals surface area contributed by atoms with Crippen LogP contribution in [0, 0.1) is 0 Å². The van der Waals surface area contributed by atoms with Gasteiger partial charge in [0, 0.05) is 13.1 Å². The van der Waals surface area contributed by atoms with Gasteiger partial charge in [0.1, 0.15) is 0 Å². The second-order valence-electron chi connectivity index (χ2n) is 13.1. The van der Waals surface area contributed by atoms with Gasteiger partial charge in [-0.2, -0.15) is 15.0 Å². The van der Waals surface area contributed by atoms with E-state index < -0.39 is 0 Å². The SMILES string of the molecule is CCCCCCCC/C=C\CCCCCCCCN(CCCCCCCC/C=C\CCCCCCCC)c1nc(S)nc(S)n1. The van der Waals surface area contributed by atoms with E-state index in [0.29, 0.717) is 10.3 Å². The lowest BCUT2D eigenvalue weighted by molar-refractivity contribution is 0.561. The second-order valence-corrected chi connectivity index (χ2v) is 13.9. The Balaban J connectivity index is 2.12. The van der Waals surface area contributed by atoms with E-state index in [-0.39, 0.29) is 0 Å². The average Bonchev–Trinajstić information content (AvgIpc) is 3.02. The van der Waals surface area contributed by atoms with Gasteiger partial charge in [0.25, 0.3) is 0 Å². The van der Waals surface area contributed by atoms with Gasteiger partial charge in [0.2, 0.25) is 5.95 Å². The van der Waals surface area contributed by atoms with Crippen molar-refractivity contribution < 1.29 is 0 Å². The van der Waals surface area contributed by atoms with Crippen LogP contribution in [0.1, 0.15) is 194 Å². The maximum absolute atomic E-state index is 4.52. The molecule has 0 aliphatic heterocycles. The molecule has 0 amide bonds. The molecule has 4 nitrogen and oxygen atoms in total. The first-order chi connectivity index (χ1) is 22.2. The Morgan fingerprint density at radius 2 is 0.689 bits per heavy atom. The lowest BCUT2D eigenvalue weighted by Crippen LogP contribution is -2.28. The van der Waals surface area contributed by atoms with Gasteiger partial charge >= 0.3 is 0 Å². The normalized spacial score (nSPS) is 11.8. The Bertz CT molecular complexity index is 767.